The lowest BCUT2D eigenvalue weighted by molar-refractivity contribution is 0.103. The minimum atomic E-state index is -0.365. The summed E-state index contributed by atoms with van der Waals surface area (Å²) in [7, 11) is 0. The van der Waals surface area contributed by atoms with Crippen molar-refractivity contribution in [1.29, 1.82) is 0 Å². The molecule has 0 radical (unpaired) electrons. The Bertz CT molecular complexity index is 542. The van der Waals surface area contributed by atoms with E-state index in [1.807, 2.05) is 6.26 Å². The summed E-state index contributed by atoms with van der Waals surface area (Å²) in [5.41, 5.74) is 0.864. The molecule has 0 saturated heterocycles. The van der Waals surface area contributed by atoms with Crippen LogP contribution in [0.2, 0.25) is 0 Å². The molecule has 0 aliphatic heterocycles. The Balaban J connectivity index is 2.40. The highest BCUT2D eigenvalue weighted by atomic mass is 32.2. The quantitative estimate of drug-likeness (QED) is 0.475. The van der Waals surface area contributed by atoms with E-state index < -0.39 is 0 Å². The molecule has 0 N–H and O–H groups in total. The molecule has 5 heteroatoms. The Labute approximate surface area is 102 Å². The number of hydrogen-bond donors (Lipinski definition) is 0. The molecular formula is C12H9FN2OS. The molecule has 17 heavy (non-hydrogen) atoms. The molecule has 0 atom stereocenters. The first kappa shape index (κ1) is 11.7. The van der Waals surface area contributed by atoms with Crippen LogP contribution in [0.4, 0.5) is 4.39 Å². The van der Waals surface area contributed by atoms with E-state index in [-0.39, 0.29) is 11.6 Å². The summed E-state index contributed by atoms with van der Waals surface area (Å²) in [4.78, 5) is 20.0. The van der Waals surface area contributed by atoms with Crippen LogP contribution in [-0.2, 0) is 0 Å². The monoisotopic (exact) mass is 248 g/mol. The number of carbonyl (C=O) groups excluding carboxylic acids is 1. The Morgan fingerprint density at radius 2 is 2.00 bits per heavy atom. The average Bonchev–Trinajstić information content (AvgIpc) is 2.39. The first-order chi connectivity index (χ1) is 8.22. The molecule has 2 rings (SSSR count). The molecule has 86 valence electrons. The van der Waals surface area contributed by atoms with Gasteiger partial charge in [-0.05, 0) is 30.5 Å². The van der Waals surface area contributed by atoms with Gasteiger partial charge in [0.1, 0.15) is 17.2 Å². The molecule has 1 aromatic carbocycles. The van der Waals surface area contributed by atoms with Crippen LogP contribution in [0.5, 0.6) is 0 Å². The number of rotatable bonds is 3. The third-order valence-electron chi connectivity index (χ3n) is 2.22. The first-order valence-electron chi connectivity index (χ1n) is 4.86. The van der Waals surface area contributed by atoms with Crippen molar-refractivity contribution in [2.75, 3.05) is 6.26 Å². The van der Waals surface area contributed by atoms with Crippen LogP contribution < -0.4 is 0 Å². The van der Waals surface area contributed by atoms with E-state index in [2.05, 4.69) is 9.97 Å². The Morgan fingerprint density at radius 3 is 2.65 bits per heavy atom. The predicted octanol–water partition coefficient (Wildman–Crippen LogP) is 2.57. The molecular weight excluding hydrogens is 239 g/mol. The van der Waals surface area contributed by atoms with Gasteiger partial charge in [0, 0.05) is 11.8 Å². The maximum atomic E-state index is 12.8. The van der Waals surface area contributed by atoms with Crippen molar-refractivity contribution in [2.45, 2.75) is 5.03 Å². The van der Waals surface area contributed by atoms with Crippen LogP contribution in [-0.4, -0.2) is 22.0 Å². The van der Waals surface area contributed by atoms with Gasteiger partial charge in [0.15, 0.2) is 5.78 Å². The van der Waals surface area contributed by atoms with Gasteiger partial charge in [0.25, 0.3) is 0 Å². The van der Waals surface area contributed by atoms with E-state index in [1.54, 1.807) is 0 Å². The highest BCUT2D eigenvalue weighted by Gasteiger charge is 2.14. The van der Waals surface area contributed by atoms with Crippen molar-refractivity contribution in [3.05, 3.63) is 53.7 Å². The lowest BCUT2D eigenvalue weighted by Crippen LogP contribution is -2.05. The Hall–Kier alpha value is -1.75. The largest absolute Gasteiger partial charge is 0.288 e. The maximum Gasteiger partial charge on any atom is 0.197 e. The van der Waals surface area contributed by atoms with E-state index >= 15 is 0 Å². The van der Waals surface area contributed by atoms with Gasteiger partial charge in [-0.3, -0.25) is 4.79 Å². The fraction of sp³-hybridized carbons (Fsp3) is 0.0833. The number of hydrogen-bond acceptors (Lipinski definition) is 4. The van der Waals surface area contributed by atoms with Crippen molar-refractivity contribution >= 4 is 17.5 Å². The summed E-state index contributed by atoms with van der Waals surface area (Å²) in [5.74, 6) is -0.564. The molecule has 0 spiro atoms. The second-order valence-corrected chi connectivity index (χ2v) is 4.08. The van der Waals surface area contributed by atoms with Crippen LogP contribution in [0.15, 0.2) is 41.8 Å². The van der Waals surface area contributed by atoms with Gasteiger partial charge in [-0.1, -0.05) is 0 Å². The minimum Gasteiger partial charge on any atom is -0.288 e. The van der Waals surface area contributed by atoms with Crippen LogP contribution in [0.25, 0.3) is 0 Å². The lowest BCUT2D eigenvalue weighted by Gasteiger charge is -2.04. The number of ketones is 1. The van der Waals surface area contributed by atoms with Crippen molar-refractivity contribution in [1.82, 2.24) is 9.97 Å². The molecule has 2 aromatic rings. The molecule has 0 unspecified atom stereocenters. The van der Waals surface area contributed by atoms with Crippen molar-refractivity contribution in [3.8, 4) is 0 Å². The molecule has 0 fully saturated rings. The second kappa shape index (κ2) is 5.05. The zero-order valence-corrected chi connectivity index (χ0v) is 9.87. The van der Waals surface area contributed by atoms with E-state index in [0.29, 0.717) is 16.2 Å². The number of halogens is 1. The van der Waals surface area contributed by atoms with Crippen molar-refractivity contribution in [2.24, 2.45) is 0 Å². The Kier molecular flexibility index (Phi) is 3.49. The lowest BCUT2D eigenvalue weighted by atomic mass is 10.1. The predicted molar refractivity (Wildman–Crippen MR) is 63.6 cm³/mol. The van der Waals surface area contributed by atoms with E-state index in [4.69, 9.17) is 0 Å². The van der Waals surface area contributed by atoms with Gasteiger partial charge in [-0.2, -0.15) is 0 Å². The Morgan fingerprint density at radius 1 is 1.29 bits per heavy atom. The summed E-state index contributed by atoms with van der Waals surface area (Å²) in [5, 5.41) is 0.620. The van der Waals surface area contributed by atoms with E-state index in [1.165, 1.54) is 48.6 Å². The van der Waals surface area contributed by atoms with Crippen LogP contribution >= 0.6 is 11.8 Å². The van der Waals surface area contributed by atoms with Crippen LogP contribution in [0.3, 0.4) is 0 Å². The van der Waals surface area contributed by atoms with Crippen LogP contribution in [0, 0.1) is 5.82 Å². The average molecular weight is 248 g/mol. The third kappa shape index (κ3) is 2.50. The number of nitrogens with zero attached hydrogens (tertiary/aromatic N) is 2. The zero-order chi connectivity index (χ0) is 12.3. The van der Waals surface area contributed by atoms with Crippen LogP contribution in [0.1, 0.15) is 15.9 Å². The summed E-state index contributed by atoms with van der Waals surface area (Å²) >= 11 is 1.38. The number of carbonyl (C=O) groups is 1. The van der Waals surface area contributed by atoms with Gasteiger partial charge in [-0.15, -0.1) is 11.8 Å². The smallest absolute Gasteiger partial charge is 0.197 e. The molecule has 3 nitrogen and oxygen atoms in total. The molecule has 0 aliphatic rings. The molecule has 0 bridgehead atoms. The first-order valence-corrected chi connectivity index (χ1v) is 6.09. The summed E-state index contributed by atoms with van der Waals surface area (Å²) in [6.07, 6.45) is 4.71. The highest BCUT2D eigenvalue weighted by Crippen LogP contribution is 2.19. The number of thioether (sulfide) groups is 1. The van der Waals surface area contributed by atoms with Crippen molar-refractivity contribution < 1.29 is 9.18 Å². The van der Waals surface area contributed by atoms with E-state index in [9.17, 15) is 9.18 Å². The second-order valence-electron chi connectivity index (χ2n) is 3.28. The normalized spacial score (nSPS) is 10.2. The zero-order valence-electron chi connectivity index (χ0n) is 9.05. The fourth-order valence-corrected chi connectivity index (χ4v) is 1.91. The maximum absolute atomic E-state index is 12.8. The third-order valence-corrected chi connectivity index (χ3v) is 2.93. The molecule has 0 amide bonds. The van der Waals surface area contributed by atoms with Gasteiger partial charge in [0.05, 0.1) is 5.56 Å². The fourth-order valence-electron chi connectivity index (χ4n) is 1.39. The van der Waals surface area contributed by atoms with Gasteiger partial charge < -0.3 is 0 Å². The van der Waals surface area contributed by atoms with Gasteiger partial charge in [-0.25, -0.2) is 14.4 Å². The van der Waals surface area contributed by atoms with Crippen molar-refractivity contribution in [3.63, 3.8) is 0 Å². The number of aromatic nitrogens is 2. The summed E-state index contributed by atoms with van der Waals surface area (Å²) < 4.78 is 12.8. The SMILES string of the molecule is CSc1ncncc1C(=O)c1ccc(F)cc1. The summed E-state index contributed by atoms with van der Waals surface area (Å²) in [6.45, 7) is 0. The van der Waals surface area contributed by atoms with Gasteiger partial charge in [0.2, 0.25) is 0 Å². The minimum absolute atomic E-state index is 0.199. The van der Waals surface area contributed by atoms with Gasteiger partial charge >= 0.3 is 0 Å². The molecule has 0 aliphatic carbocycles. The molecule has 1 heterocycles. The molecule has 0 saturated carbocycles. The van der Waals surface area contributed by atoms with E-state index in [0.717, 1.165) is 0 Å². The number of benzene rings is 1. The summed E-state index contributed by atoms with van der Waals surface area (Å²) in [6, 6.07) is 5.43. The standard InChI is InChI=1S/C12H9FN2OS/c1-17-12-10(6-14-7-15-12)11(16)8-2-4-9(13)5-3-8/h2-7H,1H3. The topological polar surface area (TPSA) is 42.9 Å². The molecule has 1 aromatic heterocycles. The highest BCUT2D eigenvalue weighted by molar-refractivity contribution is 7.98.